The quantitative estimate of drug-likeness (QED) is 0.568. The predicted molar refractivity (Wildman–Crippen MR) is 61.0 cm³/mol. The number of carbonyl (C=O) groups excluding carboxylic acids is 1. The summed E-state index contributed by atoms with van der Waals surface area (Å²) in [6.45, 7) is 0. The second-order valence-corrected chi connectivity index (χ2v) is 4.41. The third-order valence-corrected chi connectivity index (χ3v) is 3.11. The smallest absolute Gasteiger partial charge is 0.319 e. The van der Waals surface area contributed by atoms with Crippen molar-refractivity contribution in [1.29, 1.82) is 0 Å². The van der Waals surface area contributed by atoms with E-state index in [1.807, 2.05) is 0 Å². The van der Waals surface area contributed by atoms with Gasteiger partial charge in [-0.25, -0.2) is 0 Å². The monoisotopic (exact) mass is 255 g/mol. The maximum Gasteiger partial charge on any atom is 0.319 e. The van der Waals surface area contributed by atoms with Gasteiger partial charge in [0.2, 0.25) is 5.91 Å². The van der Waals surface area contributed by atoms with Crippen molar-refractivity contribution in [2.75, 3.05) is 5.32 Å². The van der Waals surface area contributed by atoms with E-state index in [1.54, 1.807) is 0 Å². The zero-order valence-electron chi connectivity index (χ0n) is 8.74. The van der Waals surface area contributed by atoms with E-state index in [1.165, 1.54) is 18.2 Å². The molecule has 0 aliphatic heterocycles. The molecule has 17 heavy (non-hydrogen) atoms. The third-order valence-electron chi connectivity index (χ3n) is 2.79. The van der Waals surface area contributed by atoms with Gasteiger partial charge in [-0.3, -0.25) is 9.59 Å². The van der Waals surface area contributed by atoms with Gasteiger partial charge in [-0.1, -0.05) is 11.6 Å². The molecule has 2 rings (SSSR count). The second kappa shape index (κ2) is 3.92. The summed E-state index contributed by atoms with van der Waals surface area (Å²) < 4.78 is 0. The number of hydrogen-bond acceptors (Lipinski definition) is 3. The molecule has 0 bridgehead atoms. The zero-order valence-corrected chi connectivity index (χ0v) is 9.49. The van der Waals surface area contributed by atoms with Crippen LogP contribution < -0.4 is 5.32 Å². The number of aromatic hydroxyl groups is 1. The number of nitrogens with one attached hydrogen (secondary N) is 1. The number of carboxylic acid groups (broad SMARTS) is 1. The molecule has 0 spiro atoms. The Bertz CT molecular complexity index is 496. The van der Waals surface area contributed by atoms with Crippen molar-refractivity contribution in [1.82, 2.24) is 0 Å². The maximum absolute atomic E-state index is 11.8. The Morgan fingerprint density at radius 1 is 1.35 bits per heavy atom. The number of benzene rings is 1. The summed E-state index contributed by atoms with van der Waals surface area (Å²) in [6, 6.07) is 4.06. The molecule has 0 saturated heterocycles. The number of aliphatic carboxylic acids is 1. The van der Waals surface area contributed by atoms with Gasteiger partial charge in [0.25, 0.3) is 0 Å². The van der Waals surface area contributed by atoms with Crippen LogP contribution in [0.4, 0.5) is 5.69 Å². The number of phenols is 1. The molecule has 1 aromatic carbocycles. The number of carboxylic acids is 1. The molecule has 3 N–H and O–H groups in total. The van der Waals surface area contributed by atoms with Crippen molar-refractivity contribution in [2.24, 2.45) is 5.41 Å². The molecule has 1 aliphatic carbocycles. The number of rotatable bonds is 3. The average Bonchev–Trinajstić information content (AvgIpc) is 3.02. The highest BCUT2D eigenvalue weighted by atomic mass is 35.5. The van der Waals surface area contributed by atoms with Crippen molar-refractivity contribution >= 4 is 29.2 Å². The molecule has 0 radical (unpaired) electrons. The first kappa shape index (κ1) is 11.7. The highest BCUT2D eigenvalue weighted by Gasteiger charge is 2.57. The predicted octanol–water partition coefficient (Wildman–Crippen LogP) is 1.85. The van der Waals surface area contributed by atoms with E-state index >= 15 is 0 Å². The molecule has 0 unspecified atom stereocenters. The molecule has 0 atom stereocenters. The molecular formula is C11H10ClNO4. The largest absolute Gasteiger partial charge is 0.508 e. The van der Waals surface area contributed by atoms with E-state index in [0.717, 1.165) is 0 Å². The van der Waals surface area contributed by atoms with Crippen LogP contribution in [0.1, 0.15) is 12.8 Å². The molecule has 90 valence electrons. The van der Waals surface area contributed by atoms with Gasteiger partial charge in [-0.2, -0.15) is 0 Å². The van der Waals surface area contributed by atoms with E-state index in [4.69, 9.17) is 21.8 Å². The second-order valence-electron chi connectivity index (χ2n) is 4.01. The lowest BCUT2D eigenvalue weighted by Gasteiger charge is -2.11. The van der Waals surface area contributed by atoms with Gasteiger partial charge in [-0.15, -0.1) is 0 Å². The highest BCUT2D eigenvalue weighted by molar-refractivity contribution is 6.34. The molecule has 5 nitrogen and oxygen atoms in total. The highest BCUT2D eigenvalue weighted by Crippen LogP contribution is 2.47. The Balaban J connectivity index is 2.17. The Hall–Kier alpha value is -1.75. The van der Waals surface area contributed by atoms with E-state index < -0.39 is 17.3 Å². The van der Waals surface area contributed by atoms with Gasteiger partial charge in [0, 0.05) is 6.07 Å². The topological polar surface area (TPSA) is 86.6 Å². The van der Waals surface area contributed by atoms with E-state index in [9.17, 15) is 9.59 Å². The van der Waals surface area contributed by atoms with Crippen LogP contribution in [0.2, 0.25) is 5.02 Å². The van der Waals surface area contributed by atoms with Crippen LogP contribution >= 0.6 is 11.6 Å². The Morgan fingerprint density at radius 2 is 2.00 bits per heavy atom. The molecule has 1 aliphatic rings. The van der Waals surface area contributed by atoms with Gasteiger partial charge in [0.1, 0.15) is 11.2 Å². The fourth-order valence-corrected chi connectivity index (χ4v) is 1.73. The van der Waals surface area contributed by atoms with Crippen LogP contribution in [-0.4, -0.2) is 22.1 Å². The van der Waals surface area contributed by atoms with Crippen molar-refractivity contribution in [3.8, 4) is 5.75 Å². The normalized spacial score (nSPS) is 16.3. The first-order valence-corrected chi connectivity index (χ1v) is 5.37. The van der Waals surface area contributed by atoms with Crippen LogP contribution in [0.3, 0.4) is 0 Å². The van der Waals surface area contributed by atoms with Crippen LogP contribution in [0.15, 0.2) is 18.2 Å². The summed E-state index contributed by atoms with van der Waals surface area (Å²) >= 11 is 5.80. The van der Waals surface area contributed by atoms with Crippen molar-refractivity contribution in [2.45, 2.75) is 12.8 Å². The van der Waals surface area contributed by atoms with Crippen LogP contribution in [0.25, 0.3) is 0 Å². The lowest BCUT2D eigenvalue weighted by atomic mass is 10.1. The van der Waals surface area contributed by atoms with E-state index in [0.29, 0.717) is 18.5 Å². The third kappa shape index (κ3) is 2.06. The summed E-state index contributed by atoms with van der Waals surface area (Å²) in [4.78, 5) is 22.7. The van der Waals surface area contributed by atoms with Crippen LogP contribution in [-0.2, 0) is 9.59 Å². The van der Waals surface area contributed by atoms with Gasteiger partial charge >= 0.3 is 5.97 Å². The number of phenolic OH excluding ortho intramolecular Hbond substituents is 1. The van der Waals surface area contributed by atoms with Crippen LogP contribution in [0, 0.1) is 5.41 Å². The Kier molecular flexibility index (Phi) is 2.71. The zero-order chi connectivity index (χ0) is 12.6. The first-order valence-electron chi connectivity index (χ1n) is 4.99. The van der Waals surface area contributed by atoms with E-state index in [2.05, 4.69) is 5.32 Å². The molecule has 0 aromatic heterocycles. The molecule has 1 fully saturated rings. The van der Waals surface area contributed by atoms with Crippen molar-refractivity contribution < 1.29 is 19.8 Å². The number of carbonyl (C=O) groups is 2. The molecule has 6 heteroatoms. The average molecular weight is 256 g/mol. The Labute approximate surface area is 102 Å². The fraction of sp³-hybridized carbons (Fsp3) is 0.273. The standard InChI is InChI=1S/C11H10ClNO4/c12-7-5-6(14)1-2-8(7)13-9(15)11(3-4-11)10(16)17/h1-2,5,14H,3-4H2,(H,13,15)(H,16,17). The van der Waals surface area contributed by atoms with Crippen molar-refractivity contribution in [3.05, 3.63) is 23.2 Å². The van der Waals surface area contributed by atoms with Crippen LogP contribution in [0.5, 0.6) is 5.75 Å². The summed E-state index contributed by atoms with van der Waals surface area (Å²) in [7, 11) is 0. The number of halogens is 1. The van der Waals surface area contributed by atoms with Crippen molar-refractivity contribution in [3.63, 3.8) is 0 Å². The van der Waals surface area contributed by atoms with Gasteiger partial charge in [-0.05, 0) is 25.0 Å². The first-order chi connectivity index (χ1) is 7.95. The summed E-state index contributed by atoms with van der Waals surface area (Å²) in [5.74, 6) is -1.71. The minimum absolute atomic E-state index is 0.0210. The summed E-state index contributed by atoms with van der Waals surface area (Å²) in [6.07, 6.45) is 0.674. The Morgan fingerprint density at radius 3 is 2.47 bits per heavy atom. The molecule has 1 aromatic rings. The molecule has 1 amide bonds. The molecule has 1 saturated carbocycles. The fourth-order valence-electron chi connectivity index (χ4n) is 1.51. The molecule has 0 heterocycles. The lowest BCUT2D eigenvalue weighted by Crippen LogP contribution is -2.31. The minimum atomic E-state index is -1.30. The number of amides is 1. The summed E-state index contributed by atoms with van der Waals surface area (Å²) in [5.41, 5.74) is -1.01. The van der Waals surface area contributed by atoms with Gasteiger partial charge in [0.05, 0.1) is 10.7 Å². The lowest BCUT2D eigenvalue weighted by molar-refractivity contribution is -0.147. The SMILES string of the molecule is O=C(O)C1(C(=O)Nc2ccc(O)cc2Cl)CC1. The van der Waals surface area contributed by atoms with E-state index in [-0.39, 0.29) is 10.8 Å². The number of anilines is 1. The van der Waals surface area contributed by atoms with Gasteiger partial charge in [0.15, 0.2) is 0 Å². The van der Waals surface area contributed by atoms with Gasteiger partial charge < -0.3 is 15.5 Å². The molecular weight excluding hydrogens is 246 g/mol. The minimum Gasteiger partial charge on any atom is -0.508 e. The summed E-state index contributed by atoms with van der Waals surface area (Å²) in [5, 5.41) is 20.7. The maximum atomic E-state index is 11.8. The number of hydrogen-bond donors (Lipinski definition) is 3.